The molecule has 21 heavy (non-hydrogen) atoms. The van der Waals surface area contributed by atoms with Crippen molar-refractivity contribution in [3.8, 4) is 0 Å². The van der Waals surface area contributed by atoms with E-state index in [9.17, 15) is 18.0 Å². The van der Waals surface area contributed by atoms with Crippen molar-refractivity contribution < 1.29 is 23.1 Å². The van der Waals surface area contributed by atoms with Crippen LogP contribution in [0.2, 0.25) is 0 Å². The number of hydrogen-bond acceptors (Lipinski definition) is 5. The fourth-order valence-corrected chi connectivity index (χ4v) is 4.23. The molecule has 1 N–H and O–H groups in total. The molecule has 1 rings (SSSR count). The minimum atomic E-state index is -3.06. The topological polar surface area (TPSA) is 95.0 Å². The van der Waals surface area contributed by atoms with Gasteiger partial charge in [0.15, 0.2) is 9.84 Å². The van der Waals surface area contributed by atoms with Crippen LogP contribution >= 0.6 is 0 Å². The second-order valence-corrected chi connectivity index (χ2v) is 7.32. The minimum Gasteiger partial charge on any atom is -0.480 e. The third-order valence-corrected chi connectivity index (χ3v) is 5.17. The van der Waals surface area contributed by atoms with E-state index in [-0.39, 0.29) is 36.5 Å². The first kappa shape index (κ1) is 17.6. The van der Waals surface area contributed by atoms with Gasteiger partial charge in [-0.2, -0.15) is 0 Å². The number of carboxylic acid groups (broad SMARTS) is 1. The predicted octanol–water partition coefficient (Wildman–Crippen LogP) is -0.405. The van der Waals surface area contributed by atoms with Crippen molar-refractivity contribution in [2.24, 2.45) is 0 Å². The Kier molecular flexibility index (Phi) is 6.35. The summed E-state index contributed by atoms with van der Waals surface area (Å²) >= 11 is 0. The second kappa shape index (κ2) is 7.56. The molecular formula is C13H22N2O5S. The fourth-order valence-electron chi connectivity index (χ4n) is 2.50. The van der Waals surface area contributed by atoms with Gasteiger partial charge in [-0.05, 0) is 13.3 Å². The smallest absolute Gasteiger partial charge is 0.317 e. The van der Waals surface area contributed by atoms with Gasteiger partial charge >= 0.3 is 5.97 Å². The van der Waals surface area contributed by atoms with Crippen molar-refractivity contribution in [3.63, 3.8) is 0 Å². The van der Waals surface area contributed by atoms with Gasteiger partial charge < -0.3 is 10.0 Å². The average molecular weight is 318 g/mol. The van der Waals surface area contributed by atoms with Crippen molar-refractivity contribution in [3.05, 3.63) is 12.7 Å². The van der Waals surface area contributed by atoms with Crippen molar-refractivity contribution in [2.45, 2.75) is 19.4 Å². The Morgan fingerprint density at radius 2 is 2.05 bits per heavy atom. The molecule has 1 atom stereocenters. The van der Waals surface area contributed by atoms with Crippen LogP contribution in [0.1, 0.15) is 13.3 Å². The summed E-state index contributed by atoms with van der Waals surface area (Å²) in [5.74, 6) is -1.17. The summed E-state index contributed by atoms with van der Waals surface area (Å²) < 4.78 is 23.0. The second-order valence-electron chi connectivity index (χ2n) is 5.09. The Morgan fingerprint density at radius 3 is 2.48 bits per heavy atom. The molecule has 1 aliphatic rings. The van der Waals surface area contributed by atoms with Crippen LogP contribution in [0.25, 0.3) is 0 Å². The highest BCUT2D eigenvalue weighted by Crippen LogP contribution is 2.18. The van der Waals surface area contributed by atoms with Gasteiger partial charge in [-0.1, -0.05) is 6.08 Å². The number of carbonyl (C=O) groups excluding carboxylic acids is 1. The van der Waals surface area contributed by atoms with Crippen LogP contribution in [-0.4, -0.2) is 78.9 Å². The molecule has 120 valence electrons. The third kappa shape index (κ3) is 5.47. The van der Waals surface area contributed by atoms with Gasteiger partial charge in [-0.3, -0.25) is 14.5 Å². The molecule has 0 bridgehead atoms. The Morgan fingerprint density at radius 1 is 1.38 bits per heavy atom. The number of likely N-dealkylation sites (N-methyl/N-ethyl adjacent to an activating group) is 1. The van der Waals surface area contributed by atoms with E-state index in [4.69, 9.17) is 5.11 Å². The van der Waals surface area contributed by atoms with E-state index in [1.54, 1.807) is 6.92 Å². The summed E-state index contributed by atoms with van der Waals surface area (Å²) in [6, 6.07) is -0.303. The molecule has 0 spiro atoms. The highest BCUT2D eigenvalue weighted by molar-refractivity contribution is 7.91. The Balaban J connectivity index is 2.69. The summed E-state index contributed by atoms with van der Waals surface area (Å²) in [4.78, 5) is 26.1. The van der Waals surface area contributed by atoms with Crippen LogP contribution in [0.4, 0.5) is 0 Å². The van der Waals surface area contributed by atoms with E-state index < -0.39 is 15.8 Å². The maximum atomic E-state index is 12.3. The van der Waals surface area contributed by atoms with Gasteiger partial charge in [0.25, 0.3) is 0 Å². The Hall–Kier alpha value is -1.41. The summed E-state index contributed by atoms with van der Waals surface area (Å²) in [7, 11) is -3.06. The zero-order valence-electron chi connectivity index (χ0n) is 12.2. The maximum absolute atomic E-state index is 12.3. The molecule has 0 aromatic rings. The van der Waals surface area contributed by atoms with E-state index in [0.29, 0.717) is 19.5 Å². The van der Waals surface area contributed by atoms with Crippen LogP contribution in [0.5, 0.6) is 0 Å². The quantitative estimate of drug-likeness (QED) is 0.612. The lowest BCUT2D eigenvalue weighted by atomic mass is 10.2. The zero-order chi connectivity index (χ0) is 16.0. The first-order valence-corrected chi connectivity index (χ1v) is 8.66. The molecule has 0 aliphatic carbocycles. The van der Waals surface area contributed by atoms with Crippen molar-refractivity contribution >= 4 is 21.7 Å². The van der Waals surface area contributed by atoms with E-state index in [2.05, 4.69) is 6.58 Å². The van der Waals surface area contributed by atoms with E-state index in [1.165, 1.54) is 15.9 Å². The lowest BCUT2D eigenvalue weighted by molar-refractivity contribution is -0.139. The SMILES string of the molecule is C=CCN(CC(=O)O)CC(=O)N(CC)C1CCS(=O)(=O)C1. The number of carbonyl (C=O) groups is 2. The summed E-state index contributed by atoms with van der Waals surface area (Å²) in [6.45, 7) is 5.72. The number of sulfone groups is 1. The van der Waals surface area contributed by atoms with E-state index in [1.807, 2.05) is 0 Å². The van der Waals surface area contributed by atoms with Crippen LogP contribution in [0.15, 0.2) is 12.7 Å². The molecule has 1 unspecified atom stereocenters. The van der Waals surface area contributed by atoms with Gasteiger partial charge in [0, 0.05) is 19.1 Å². The first-order valence-electron chi connectivity index (χ1n) is 6.84. The number of hydrogen-bond donors (Lipinski definition) is 1. The van der Waals surface area contributed by atoms with Crippen molar-refractivity contribution in [1.29, 1.82) is 0 Å². The Labute approximate surface area is 125 Å². The monoisotopic (exact) mass is 318 g/mol. The lowest BCUT2D eigenvalue weighted by Crippen LogP contribution is -2.47. The predicted molar refractivity (Wildman–Crippen MR) is 78.7 cm³/mol. The molecule has 0 saturated carbocycles. The maximum Gasteiger partial charge on any atom is 0.317 e. The van der Waals surface area contributed by atoms with Gasteiger partial charge in [-0.15, -0.1) is 6.58 Å². The molecule has 1 heterocycles. The fraction of sp³-hybridized carbons (Fsp3) is 0.692. The number of amides is 1. The number of nitrogens with zero attached hydrogens (tertiary/aromatic N) is 2. The van der Waals surface area contributed by atoms with Gasteiger partial charge in [0.1, 0.15) is 0 Å². The normalized spacial score (nSPS) is 20.4. The Bertz CT molecular complexity index is 503. The van der Waals surface area contributed by atoms with Crippen molar-refractivity contribution in [2.75, 3.05) is 37.7 Å². The van der Waals surface area contributed by atoms with Crippen LogP contribution in [0.3, 0.4) is 0 Å². The number of aliphatic carboxylic acids is 1. The summed E-state index contributed by atoms with van der Waals surface area (Å²) in [5.41, 5.74) is 0. The molecule has 0 aromatic carbocycles. The number of carboxylic acids is 1. The molecule has 1 fully saturated rings. The van der Waals surface area contributed by atoms with E-state index in [0.717, 1.165) is 0 Å². The third-order valence-electron chi connectivity index (χ3n) is 3.42. The minimum absolute atomic E-state index is 0.00698. The molecule has 0 aromatic heterocycles. The average Bonchev–Trinajstić information content (AvgIpc) is 2.70. The first-order chi connectivity index (χ1) is 9.79. The summed E-state index contributed by atoms with van der Waals surface area (Å²) in [5, 5.41) is 8.82. The molecule has 1 amide bonds. The number of rotatable bonds is 8. The van der Waals surface area contributed by atoms with Crippen molar-refractivity contribution in [1.82, 2.24) is 9.80 Å². The molecule has 8 heteroatoms. The standard InChI is InChI=1S/C13H22N2O5S/c1-3-6-14(9-13(17)18)8-12(16)15(4-2)11-5-7-21(19,20)10-11/h3,11H,1,4-10H2,2H3,(H,17,18). The zero-order valence-corrected chi connectivity index (χ0v) is 13.0. The highest BCUT2D eigenvalue weighted by Gasteiger charge is 2.34. The summed E-state index contributed by atoms with van der Waals surface area (Å²) in [6.07, 6.45) is 1.98. The highest BCUT2D eigenvalue weighted by atomic mass is 32.2. The molecule has 7 nitrogen and oxygen atoms in total. The van der Waals surface area contributed by atoms with E-state index >= 15 is 0 Å². The molecule has 1 saturated heterocycles. The lowest BCUT2D eigenvalue weighted by Gasteiger charge is -2.29. The van der Waals surface area contributed by atoms with Crippen LogP contribution < -0.4 is 0 Å². The van der Waals surface area contributed by atoms with Crippen LogP contribution in [0, 0.1) is 0 Å². The largest absolute Gasteiger partial charge is 0.480 e. The molecule has 1 aliphatic heterocycles. The van der Waals surface area contributed by atoms with Gasteiger partial charge in [-0.25, -0.2) is 8.42 Å². The van der Waals surface area contributed by atoms with Crippen LogP contribution in [-0.2, 0) is 19.4 Å². The van der Waals surface area contributed by atoms with Gasteiger partial charge in [0.05, 0.1) is 24.6 Å². The molecule has 0 radical (unpaired) electrons. The molecular weight excluding hydrogens is 296 g/mol. The van der Waals surface area contributed by atoms with Gasteiger partial charge in [0.2, 0.25) is 5.91 Å².